The number of anilines is 1. The predicted molar refractivity (Wildman–Crippen MR) is 161 cm³/mol. The number of sulfone groups is 1. The fourth-order valence-corrected chi connectivity index (χ4v) is 7.74. The summed E-state index contributed by atoms with van der Waals surface area (Å²) in [5.41, 5.74) is 3.17. The molecule has 10 heteroatoms. The molecule has 2 aliphatic carbocycles. The minimum Gasteiger partial charge on any atom is -0.496 e. The van der Waals surface area contributed by atoms with Crippen LogP contribution >= 0.6 is 0 Å². The van der Waals surface area contributed by atoms with Crippen LogP contribution in [0.15, 0.2) is 63.7 Å². The smallest absolute Gasteiger partial charge is 0.295 e. The highest BCUT2D eigenvalue weighted by atomic mass is 32.2. The summed E-state index contributed by atoms with van der Waals surface area (Å²) in [5, 5.41) is 3.53. The highest BCUT2D eigenvalue weighted by Gasteiger charge is 2.52. The zero-order valence-corrected chi connectivity index (χ0v) is 25.3. The molecule has 1 N–H and O–H groups in total. The number of benzene rings is 2. The number of hydrogen-bond donors (Lipinski definition) is 1. The van der Waals surface area contributed by atoms with Gasteiger partial charge in [-0.25, -0.2) is 12.8 Å². The van der Waals surface area contributed by atoms with Crippen molar-refractivity contribution in [3.05, 3.63) is 65.5 Å². The number of halogens is 1. The number of likely N-dealkylation sites (tertiary alicyclic amines) is 1. The second-order valence-corrected chi connectivity index (χ2v) is 13.8. The van der Waals surface area contributed by atoms with Crippen LogP contribution < -0.4 is 14.8 Å². The van der Waals surface area contributed by atoms with E-state index >= 15 is 0 Å². The van der Waals surface area contributed by atoms with Crippen LogP contribution in [0.25, 0.3) is 11.1 Å². The van der Waals surface area contributed by atoms with Gasteiger partial charge in [0.2, 0.25) is 0 Å². The van der Waals surface area contributed by atoms with Crippen molar-refractivity contribution in [3.8, 4) is 11.5 Å². The van der Waals surface area contributed by atoms with Gasteiger partial charge in [0, 0.05) is 35.9 Å². The Labute approximate surface area is 246 Å². The Morgan fingerprint density at radius 1 is 1.21 bits per heavy atom. The molecule has 4 unspecified atom stereocenters. The molecule has 1 aromatic heterocycles. The normalized spacial score (nSPS) is 25.9. The third kappa shape index (κ3) is 5.30. The van der Waals surface area contributed by atoms with Crippen LogP contribution in [-0.2, 0) is 16.4 Å². The third-order valence-electron chi connectivity index (χ3n) is 9.26. The third-order valence-corrected chi connectivity index (χ3v) is 10.4. The molecule has 1 aliphatic heterocycles. The van der Waals surface area contributed by atoms with E-state index in [0.717, 1.165) is 55.0 Å². The van der Waals surface area contributed by atoms with Gasteiger partial charge in [0.25, 0.3) is 6.01 Å². The highest BCUT2D eigenvalue weighted by Crippen LogP contribution is 2.49. The maximum atomic E-state index is 13.7. The van der Waals surface area contributed by atoms with Gasteiger partial charge in [-0.3, -0.25) is 4.90 Å². The fourth-order valence-electron chi connectivity index (χ4n) is 7.10. The molecule has 3 aliphatic rings. The maximum Gasteiger partial charge on any atom is 0.295 e. The Kier molecular flexibility index (Phi) is 7.55. The van der Waals surface area contributed by atoms with Gasteiger partial charge >= 0.3 is 0 Å². The van der Waals surface area contributed by atoms with Crippen molar-refractivity contribution in [2.75, 3.05) is 31.8 Å². The molecular weight excluding hydrogens is 557 g/mol. The van der Waals surface area contributed by atoms with Crippen molar-refractivity contribution >= 4 is 27.0 Å². The molecule has 2 aromatic carbocycles. The lowest BCUT2D eigenvalue weighted by Gasteiger charge is -2.36. The summed E-state index contributed by atoms with van der Waals surface area (Å²) in [4.78, 5) is 7.35. The molecule has 0 radical (unpaired) electrons. The van der Waals surface area contributed by atoms with Gasteiger partial charge in [-0.2, -0.15) is 4.98 Å². The van der Waals surface area contributed by atoms with Crippen LogP contribution in [0, 0.1) is 5.92 Å². The molecule has 2 fully saturated rings. The largest absolute Gasteiger partial charge is 0.496 e. The average molecular weight is 596 g/mol. The van der Waals surface area contributed by atoms with Crippen molar-refractivity contribution in [3.63, 3.8) is 0 Å². The first-order chi connectivity index (χ1) is 20.1. The van der Waals surface area contributed by atoms with E-state index in [4.69, 9.17) is 13.9 Å². The van der Waals surface area contributed by atoms with E-state index in [2.05, 4.69) is 34.3 Å². The van der Waals surface area contributed by atoms with Gasteiger partial charge in [-0.05, 0) is 100 Å². The monoisotopic (exact) mass is 595 g/mol. The lowest BCUT2D eigenvalue weighted by Crippen LogP contribution is -2.44. The SMILES string of the molecule is CCOc1cc(CN2CCC3C(Nc4nc5cc(S(C)(=O)=O)ccc5o4)CCC32C)cc(OC)c1C1C=CC(F)=CC1. The van der Waals surface area contributed by atoms with Crippen molar-refractivity contribution in [2.45, 2.75) is 68.5 Å². The Bertz CT molecular complexity index is 1670. The van der Waals surface area contributed by atoms with Crippen LogP contribution in [0.3, 0.4) is 0 Å². The van der Waals surface area contributed by atoms with E-state index in [1.54, 1.807) is 31.4 Å². The number of methoxy groups -OCH3 is 1. The molecule has 0 spiro atoms. The first kappa shape index (κ1) is 28.7. The number of fused-ring (bicyclic) bond motifs is 2. The molecule has 224 valence electrons. The van der Waals surface area contributed by atoms with E-state index in [9.17, 15) is 12.8 Å². The summed E-state index contributed by atoms with van der Waals surface area (Å²) in [6, 6.07) is 9.62. The first-order valence-corrected chi connectivity index (χ1v) is 16.5. The molecule has 0 bridgehead atoms. The molecule has 42 heavy (non-hydrogen) atoms. The molecule has 1 saturated carbocycles. The van der Waals surface area contributed by atoms with Crippen molar-refractivity contribution < 1.29 is 26.7 Å². The number of rotatable bonds is 9. The summed E-state index contributed by atoms with van der Waals surface area (Å²) >= 11 is 0. The number of aromatic nitrogens is 1. The minimum absolute atomic E-state index is 0.000741. The number of allylic oxidation sites excluding steroid dienone is 4. The zero-order chi connectivity index (χ0) is 29.6. The van der Waals surface area contributed by atoms with Crippen LogP contribution in [0.2, 0.25) is 0 Å². The van der Waals surface area contributed by atoms with E-state index in [-0.39, 0.29) is 28.2 Å². The maximum absolute atomic E-state index is 13.7. The van der Waals surface area contributed by atoms with Crippen LogP contribution in [-0.4, -0.2) is 56.4 Å². The molecule has 0 amide bonds. The molecule has 8 nitrogen and oxygen atoms in total. The standard InChI is InChI=1S/C32H38FN3O5S/c1-5-40-29-17-20(16-28(39-3)30(29)21-6-8-22(33)9-7-21)19-36-15-13-24-25(12-14-32(24,36)2)34-31-35-26-18-23(42(4,37)38)10-11-27(26)41-31/h6,8-11,16-18,21,24-25H,5,7,12-15,19H2,1-4H3,(H,34,35). The second kappa shape index (κ2) is 11.0. The minimum atomic E-state index is -3.32. The number of hydrogen-bond acceptors (Lipinski definition) is 8. The van der Waals surface area contributed by atoms with Gasteiger partial charge in [0.1, 0.15) is 22.8 Å². The summed E-state index contributed by atoms with van der Waals surface area (Å²) in [6.07, 6.45) is 9.82. The predicted octanol–water partition coefficient (Wildman–Crippen LogP) is 6.39. The summed E-state index contributed by atoms with van der Waals surface area (Å²) in [6.45, 7) is 6.58. The lowest BCUT2D eigenvalue weighted by molar-refractivity contribution is 0.129. The van der Waals surface area contributed by atoms with Gasteiger partial charge in [0.15, 0.2) is 15.4 Å². The quantitative estimate of drug-likeness (QED) is 0.304. The van der Waals surface area contributed by atoms with Gasteiger partial charge in [-0.1, -0.05) is 6.08 Å². The Morgan fingerprint density at radius 3 is 2.74 bits per heavy atom. The summed E-state index contributed by atoms with van der Waals surface area (Å²) < 4.78 is 55.5. The number of ether oxygens (including phenoxy) is 2. The Morgan fingerprint density at radius 2 is 2.02 bits per heavy atom. The van der Waals surface area contributed by atoms with Crippen LogP contribution in [0.1, 0.15) is 56.6 Å². The van der Waals surface area contributed by atoms with E-state index in [1.165, 1.54) is 12.3 Å². The van der Waals surface area contributed by atoms with Gasteiger partial charge < -0.3 is 19.2 Å². The topological polar surface area (TPSA) is 93.9 Å². The molecule has 6 rings (SSSR count). The van der Waals surface area contributed by atoms with E-state index in [0.29, 0.717) is 36.1 Å². The second-order valence-electron chi connectivity index (χ2n) is 11.8. The molecule has 2 heterocycles. The fraction of sp³-hybridized carbons (Fsp3) is 0.469. The molecule has 3 aromatic rings. The van der Waals surface area contributed by atoms with E-state index in [1.807, 2.05) is 13.0 Å². The number of oxazole rings is 1. The van der Waals surface area contributed by atoms with Crippen LogP contribution in [0.4, 0.5) is 10.4 Å². The van der Waals surface area contributed by atoms with Crippen LogP contribution in [0.5, 0.6) is 11.5 Å². The molecule has 1 saturated heterocycles. The molecular formula is C32H38FN3O5S. The lowest BCUT2D eigenvalue weighted by atomic mass is 9.87. The summed E-state index contributed by atoms with van der Waals surface area (Å²) in [7, 11) is -1.65. The average Bonchev–Trinajstić information content (AvgIpc) is 3.60. The number of nitrogens with one attached hydrogen (secondary N) is 1. The Hall–Kier alpha value is -3.37. The molecule has 4 atom stereocenters. The van der Waals surface area contributed by atoms with Gasteiger partial charge in [-0.15, -0.1) is 0 Å². The Balaban J connectivity index is 1.20. The van der Waals surface area contributed by atoms with Gasteiger partial charge in [0.05, 0.1) is 18.6 Å². The summed E-state index contributed by atoms with van der Waals surface area (Å²) in [5.74, 6) is 1.75. The van der Waals surface area contributed by atoms with E-state index < -0.39 is 9.84 Å². The highest BCUT2D eigenvalue weighted by molar-refractivity contribution is 7.90. The first-order valence-electron chi connectivity index (χ1n) is 14.6. The number of nitrogens with zero attached hydrogens (tertiary/aromatic N) is 2. The zero-order valence-electron chi connectivity index (χ0n) is 24.5. The van der Waals surface area contributed by atoms with Crippen molar-refractivity contribution in [1.29, 1.82) is 0 Å². The van der Waals surface area contributed by atoms with Crippen molar-refractivity contribution in [1.82, 2.24) is 9.88 Å². The van der Waals surface area contributed by atoms with Crippen molar-refractivity contribution in [2.24, 2.45) is 5.92 Å².